The molecule has 0 aromatic heterocycles. The summed E-state index contributed by atoms with van der Waals surface area (Å²) < 4.78 is 0. The molecule has 0 bridgehead atoms. The SMILES string of the molecule is CC.CC(C)CN1CCN(CC(=O)N2CCN(CC3CCNCC3)CC2)CC1. The summed E-state index contributed by atoms with van der Waals surface area (Å²) in [6, 6.07) is 0. The van der Waals surface area contributed by atoms with Crippen LogP contribution >= 0.6 is 0 Å². The number of piperazine rings is 2. The number of rotatable bonds is 6. The second-order valence-electron chi connectivity index (χ2n) is 8.85. The van der Waals surface area contributed by atoms with E-state index >= 15 is 0 Å². The zero-order chi connectivity index (χ0) is 20.4. The maximum Gasteiger partial charge on any atom is 0.236 e. The van der Waals surface area contributed by atoms with Crippen LogP contribution in [0.2, 0.25) is 0 Å². The number of amides is 1. The summed E-state index contributed by atoms with van der Waals surface area (Å²) in [5.74, 6) is 1.91. The number of piperidine rings is 1. The van der Waals surface area contributed by atoms with Gasteiger partial charge in [-0.15, -0.1) is 0 Å². The molecule has 3 saturated heterocycles. The average Bonchev–Trinajstić information content (AvgIpc) is 2.72. The Morgan fingerprint density at radius 1 is 0.857 bits per heavy atom. The molecule has 6 heteroatoms. The van der Waals surface area contributed by atoms with Crippen LogP contribution in [0.3, 0.4) is 0 Å². The predicted octanol–water partition coefficient (Wildman–Crippen LogP) is 1.43. The quantitative estimate of drug-likeness (QED) is 0.737. The fourth-order valence-corrected chi connectivity index (χ4v) is 4.55. The molecule has 1 amide bonds. The van der Waals surface area contributed by atoms with Crippen molar-refractivity contribution in [3.8, 4) is 0 Å². The van der Waals surface area contributed by atoms with E-state index in [0.29, 0.717) is 12.5 Å². The molecule has 0 saturated carbocycles. The Balaban J connectivity index is 0.00000136. The Hall–Kier alpha value is -0.690. The minimum Gasteiger partial charge on any atom is -0.339 e. The minimum atomic E-state index is 0.337. The zero-order valence-corrected chi connectivity index (χ0v) is 19.0. The summed E-state index contributed by atoms with van der Waals surface area (Å²) in [5.41, 5.74) is 0. The van der Waals surface area contributed by atoms with Crippen molar-refractivity contribution in [2.75, 3.05) is 85.1 Å². The van der Waals surface area contributed by atoms with Gasteiger partial charge in [0.2, 0.25) is 5.91 Å². The Kier molecular flexibility index (Phi) is 10.8. The summed E-state index contributed by atoms with van der Waals surface area (Å²) in [6.07, 6.45) is 2.61. The molecule has 6 nitrogen and oxygen atoms in total. The van der Waals surface area contributed by atoms with Crippen LogP contribution in [0, 0.1) is 11.8 Å². The lowest BCUT2D eigenvalue weighted by molar-refractivity contribution is -0.134. The van der Waals surface area contributed by atoms with E-state index in [4.69, 9.17) is 0 Å². The van der Waals surface area contributed by atoms with Gasteiger partial charge in [0.1, 0.15) is 0 Å². The molecule has 1 N–H and O–H groups in total. The van der Waals surface area contributed by atoms with E-state index in [2.05, 4.69) is 38.8 Å². The molecule has 0 radical (unpaired) electrons. The smallest absolute Gasteiger partial charge is 0.236 e. The summed E-state index contributed by atoms with van der Waals surface area (Å²) in [6.45, 7) is 22.1. The molecule has 0 aromatic carbocycles. The lowest BCUT2D eigenvalue weighted by atomic mass is 9.97. The highest BCUT2D eigenvalue weighted by Gasteiger charge is 2.26. The molecule has 3 heterocycles. The predicted molar refractivity (Wildman–Crippen MR) is 118 cm³/mol. The van der Waals surface area contributed by atoms with Gasteiger partial charge in [-0.3, -0.25) is 14.6 Å². The van der Waals surface area contributed by atoms with E-state index in [-0.39, 0.29) is 0 Å². The normalized spacial score (nSPS) is 23.5. The summed E-state index contributed by atoms with van der Waals surface area (Å²) in [5, 5.41) is 3.45. The summed E-state index contributed by atoms with van der Waals surface area (Å²) in [4.78, 5) is 22.2. The second kappa shape index (κ2) is 12.8. The van der Waals surface area contributed by atoms with Crippen LogP contribution in [0.1, 0.15) is 40.5 Å². The van der Waals surface area contributed by atoms with Crippen molar-refractivity contribution in [3.63, 3.8) is 0 Å². The Bertz CT molecular complexity index is 423. The standard InChI is InChI=1S/C20H39N5O.C2H6/c1-18(2)15-22-7-9-24(10-8-22)17-20(26)25-13-11-23(12-14-25)16-19-3-5-21-6-4-19;1-2/h18-19,21H,3-17H2,1-2H3;1-2H3. The van der Waals surface area contributed by atoms with Gasteiger partial charge in [-0.2, -0.15) is 0 Å². The molecule has 0 spiro atoms. The summed E-state index contributed by atoms with van der Waals surface area (Å²) >= 11 is 0. The highest BCUT2D eigenvalue weighted by Crippen LogP contribution is 2.15. The van der Waals surface area contributed by atoms with Crippen molar-refractivity contribution in [2.45, 2.75) is 40.5 Å². The molecular formula is C22H45N5O. The van der Waals surface area contributed by atoms with Gasteiger partial charge < -0.3 is 15.1 Å². The van der Waals surface area contributed by atoms with Gasteiger partial charge in [0.25, 0.3) is 0 Å². The van der Waals surface area contributed by atoms with E-state index in [0.717, 1.165) is 64.2 Å². The largest absolute Gasteiger partial charge is 0.339 e. The fourth-order valence-electron chi connectivity index (χ4n) is 4.55. The molecule has 3 aliphatic heterocycles. The molecule has 0 aromatic rings. The second-order valence-corrected chi connectivity index (χ2v) is 8.85. The number of carbonyl (C=O) groups excluding carboxylic acids is 1. The molecule has 0 atom stereocenters. The van der Waals surface area contributed by atoms with Crippen LogP contribution in [-0.4, -0.2) is 111 Å². The Labute approximate surface area is 173 Å². The van der Waals surface area contributed by atoms with Gasteiger partial charge in [-0.1, -0.05) is 27.7 Å². The molecule has 3 rings (SSSR count). The molecule has 3 aliphatic rings. The van der Waals surface area contributed by atoms with Gasteiger partial charge >= 0.3 is 0 Å². The third-order valence-electron chi connectivity index (χ3n) is 6.15. The van der Waals surface area contributed by atoms with E-state index in [1.54, 1.807) is 0 Å². The van der Waals surface area contributed by atoms with E-state index < -0.39 is 0 Å². The summed E-state index contributed by atoms with van der Waals surface area (Å²) in [7, 11) is 0. The van der Waals surface area contributed by atoms with Crippen molar-refractivity contribution in [1.29, 1.82) is 0 Å². The van der Waals surface area contributed by atoms with E-state index in [9.17, 15) is 4.79 Å². The van der Waals surface area contributed by atoms with Gasteiger partial charge in [-0.25, -0.2) is 0 Å². The average molecular weight is 396 g/mol. The first-order chi connectivity index (χ1) is 13.6. The number of carbonyl (C=O) groups is 1. The van der Waals surface area contributed by atoms with Crippen molar-refractivity contribution >= 4 is 5.91 Å². The lowest BCUT2D eigenvalue weighted by Gasteiger charge is -2.39. The van der Waals surface area contributed by atoms with Crippen LogP contribution in [0.25, 0.3) is 0 Å². The van der Waals surface area contributed by atoms with Gasteiger partial charge in [-0.05, 0) is 37.8 Å². The van der Waals surface area contributed by atoms with Gasteiger partial charge in [0.15, 0.2) is 0 Å². The fraction of sp³-hybridized carbons (Fsp3) is 0.955. The minimum absolute atomic E-state index is 0.337. The lowest BCUT2D eigenvalue weighted by Crippen LogP contribution is -2.54. The Morgan fingerprint density at radius 3 is 1.96 bits per heavy atom. The van der Waals surface area contributed by atoms with Gasteiger partial charge in [0, 0.05) is 65.4 Å². The molecule has 28 heavy (non-hydrogen) atoms. The number of hydrogen-bond donors (Lipinski definition) is 1. The van der Waals surface area contributed by atoms with Crippen molar-refractivity contribution < 1.29 is 4.79 Å². The first kappa shape index (κ1) is 23.6. The number of hydrogen-bond acceptors (Lipinski definition) is 5. The van der Waals surface area contributed by atoms with Crippen LogP contribution in [0.5, 0.6) is 0 Å². The van der Waals surface area contributed by atoms with Crippen LogP contribution in [0.4, 0.5) is 0 Å². The van der Waals surface area contributed by atoms with Crippen LogP contribution < -0.4 is 5.32 Å². The topological polar surface area (TPSA) is 42.1 Å². The zero-order valence-electron chi connectivity index (χ0n) is 19.0. The Morgan fingerprint density at radius 2 is 1.39 bits per heavy atom. The monoisotopic (exact) mass is 395 g/mol. The van der Waals surface area contributed by atoms with Crippen molar-refractivity contribution in [2.24, 2.45) is 11.8 Å². The first-order valence-corrected chi connectivity index (χ1v) is 11.8. The third kappa shape index (κ3) is 7.97. The molecule has 0 aliphatic carbocycles. The van der Waals surface area contributed by atoms with E-state index in [1.807, 2.05) is 13.8 Å². The first-order valence-electron chi connectivity index (χ1n) is 11.8. The van der Waals surface area contributed by atoms with Gasteiger partial charge in [0.05, 0.1) is 6.54 Å². The maximum atomic E-state index is 12.7. The maximum absolute atomic E-state index is 12.7. The van der Waals surface area contributed by atoms with E-state index in [1.165, 1.54) is 39.0 Å². The molecular weight excluding hydrogens is 350 g/mol. The number of nitrogens with zero attached hydrogens (tertiary/aromatic N) is 4. The highest BCUT2D eigenvalue weighted by molar-refractivity contribution is 5.78. The molecule has 3 fully saturated rings. The molecule has 164 valence electrons. The van der Waals surface area contributed by atoms with Crippen LogP contribution in [0.15, 0.2) is 0 Å². The van der Waals surface area contributed by atoms with Crippen LogP contribution in [-0.2, 0) is 4.79 Å². The number of nitrogens with one attached hydrogen (secondary N) is 1. The van der Waals surface area contributed by atoms with Crippen molar-refractivity contribution in [1.82, 2.24) is 24.9 Å². The third-order valence-corrected chi connectivity index (χ3v) is 6.15. The highest BCUT2D eigenvalue weighted by atomic mass is 16.2. The molecule has 0 unspecified atom stereocenters. The van der Waals surface area contributed by atoms with Crippen molar-refractivity contribution in [3.05, 3.63) is 0 Å².